The van der Waals surface area contributed by atoms with E-state index in [-0.39, 0.29) is 11.4 Å². The van der Waals surface area contributed by atoms with Crippen molar-refractivity contribution in [3.63, 3.8) is 0 Å². The van der Waals surface area contributed by atoms with Crippen molar-refractivity contribution in [2.24, 2.45) is 5.92 Å². The molecule has 2 aliphatic rings. The summed E-state index contributed by atoms with van der Waals surface area (Å²) in [5.74, 6) is 0.438. The van der Waals surface area contributed by atoms with Crippen LogP contribution in [0.25, 0.3) is 0 Å². The van der Waals surface area contributed by atoms with E-state index in [4.69, 9.17) is 4.74 Å². The highest BCUT2D eigenvalue weighted by Crippen LogP contribution is 2.44. The Balaban J connectivity index is 1.37. The molecule has 0 radical (unpaired) electrons. The number of hydrogen-bond donors (Lipinski definition) is 0. The van der Waals surface area contributed by atoms with Crippen LogP contribution in [0.1, 0.15) is 36.6 Å². The Hall–Kier alpha value is -1.30. The average Bonchev–Trinajstić information content (AvgIpc) is 3.19. The molecule has 1 aromatic carbocycles. The highest BCUT2D eigenvalue weighted by atomic mass is 32.1. The zero-order chi connectivity index (χ0) is 16.6. The Bertz CT molecular complexity index is 695. The number of nitrogens with zero attached hydrogens (tertiary/aromatic N) is 2. The maximum Gasteiger partial charge on any atom is 0.123 e. The first kappa shape index (κ1) is 16.2. The summed E-state index contributed by atoms with van der Waals surface area (Å²) < 4.78 is 19.8. The van der Waals surface area contributed by atoms with Crippen LogP contribution < -0.4 is 0 Å². The van der Waals surface area contributed by atoms with E-state index in [9.17, 15) is 4.39 Å². The van der Waals surface area contributed by atoms with Gasteiger partial charge in [-0.25, -0.2) is 9.37 Å². The average molecular weight is 346 g/mol. The van der Waals surface area contributed by atoms with Gasteiger partial charge in [0.1, 0.15) is 5.82 Å². The monoisotopic (exact) mass is 346 g/mol. The molecule has 1 unspecified atom stereocenters. The number of likely N-dealkylation sites (tertiary alicyclic amines) is 1. The summed E-state index contributed by atoms with van der Waals surface area (Å²) in [7, 11) is 0. The van der Waals surface area contributed by atoms with E-state index in [1.807, 2.05) is 11.6 Å². The minimum Gasteiger partial charge on any atom is -0.365 e. The van der Waals surface area contributed by atoms with Crippen molar-refractivity contribution in [3.05, 3.63) is 51.7 Å². The Morgan fingerprint density at radius 2 is 2.21 bits per heavy atom. The first-order valence-corrected chi connectivity index (χ1v) is 9.61. The predicted octanol–water partition coefficient (Wildman–Crippen LogP) is 3.98. The van der Waals surface area contributed by atoms with Crippen LogP contribution in [0.5, 0.6) is 0 Å². The summed E-state index contributed by atoms with van der Waals surface area (Å²) in [4.78, 5) is 6.90. The van der Waals surface area contributed by atoms with Crippen LogP contribution in [0.2, 0.25) is 0 Å². The Kier molecular flexibility index (Phi) is 4.41. The molecule has 0 amide bonds. The molecule has 0 aliphatic carbocycles. The van der Waals surface area contributed by atoms with Crippen molar-refractivity contribution in [1.82, 2.24) is 9.88 Å². The van der Waals surface area contributed by atoms with Gasteiger partial charge in [0.05, 0.1) is 23.4 Å². The van der Waals surface area contributed by atoms with Crippen molar-refractivity contribution in [2.45, 2.75) is 38.4 Å². The van der Waals surface area contributed by atoms with E-state index in [1.54, 1.807) is 17.4 Å². The molecule has 3 nitrogen and oxygen atoms in total. The Morgan fingerprint density at radius 3 is 2.96 bits per heavy atom. The number of piperidine rings is 1. The van der Waals surface area contributed by atoms with Gasteiger partial charge in [0.25, 0.3) is 0 Å². The smallest absolute Gasteiger partial charge is 0.123 e. The van der Waals surface area contributed by atoms with E-state index in [1.165, 1.54) is 11.8 Å². The third kappa shape index (κ3) is 3.13. The van der Waals surface area contributed by atoms with Gasteiger partial charge in [0.15, 0.2) is 0 Å². The van der Waals surface area contributed by atoms with Crippen molar-refractivity contribution in [1.29, 1.82) is 0 Å². The van der Waals surface area contributed by atoms with Crippen LogP contribution in [-0.2, 0) is 23.4 Å². The SMILES string of the molecule is CC(Cc1cscn1)CN1CCC2(CC1)OCc1ccc(F)cc12. The fraction of sp³-hybridized carbons (Fsp3) is 0.526. The van der Waals surface area contributed by atoms with Crippen molar-refractivity contribution < 1.29 is 9.13 Å². The summed E-state index contributed by atoms with van der Waals surface area (Å²) in [6.45, 7) is 6.02. The second-order valence-corrected chi connectivity index (χ2v) is 7.89. The summed E-state index contributed by atoms with van der Waals surface area (Å²) in [6.07, 6.45) is 2.94. The molecule has 1 atom stereocenters. The molecule has 128 valence electrons. The predicted molar refractivity (Wildman–Crippen MR) is 93.5 cm³/mol. The molecule has 4 rings (SSSR count). The van der Waals surface area contributed by atoms with Crippen molar-refractivity contribution in [2.75, 3.05) is 19.6 Å². The molecule has 0 saturated carbocycles. The Morgan fingerprint density at radius 1 is 1.38 bits per heavy atom. The van der Waals surface area contributed by atoms with E-state index >= 15 is 0 Å². The molecule has 0 N–H and O–H groups in total. The summed E-state index contributed by atoms with van der Waals surface area (Å²) in [6, 6.07) is 5.10. The van der Waals surface area contributed by atoms with Gasteiger partial charge in [-0.05, 0) is 48.4 Å². The quantitative estimate of drug-likeness (QED) is 0.837. The maximum atomic E-state index is 13.7. The molecule has 5 heteroatoms. The highest BCUT2D eigenvalue weighted by molar-refractivity contribution is 7.07. The van der Waals surface area contributed by atoms with Crippen molar-refractivity contribution >= 4 is 11.3 Å². The number of hydrogen-bond acceptors (Lipinski definition) is 4. The lowest BCUT2D eigenvalue weighted by Gasteiger charge is -2.40. The standard InChI is InChI=1S/C19H23FN2OS/c1-14(8-17-12-24-13-21-17)10-22-6-4-19(5-7-22)18-9-16(20)3-2-15(18)11-23-19/h2-3,9,12-14H,4-8,10-11H2,1H3. The minimum absolute atomic E-state index is 0.155. The summed E-state index contributed by atoms with van der Waals surface area (Å²) in [5.41, 5.74) is 5.08. The van der Waals surface area contributed by atoms with Crippen LogP contribution in [0.15, 0.2) is 29.1 Å². The number of benzene rings is 1. The number of rotatable bonds is 4. The molecule has 1 fully saturated rings. The number of ether oxygens (including phenoxy) is 1. The normalized spacial score (nSPS) is 21.1. The molecular weight excluding hydrogens is 323 g/mol. The lowest BCUT2D eigenvalue weighted by molar-refractivity contribution is -0.0801. The van der Waals surface area contributed by atoms with Crippen LogP contribution in [0.4, 0.5) is 4.39 Å². The summed E-state index contributed by atoms with van der Waals surface area (Å²) in [5, 5.41) is 2.14. The molecule has 2 aromatic rings. The minimum atomic E-state index is -0.258. The van der Waals surface area contributed by atoms with Gasteiger partial charge in [-0.3, -0.25) is 0 Å². The van der Waals surface area contributed by atoms with Gasteiger partial charge in [-0.1, -0.05) is 13.0 Å². The van der Waals surface area contributed by atoms with Crippen LogP contribution in [0, 0.1) is 11.7 Å². The number of thiazole rings is 1. The first-order chi connectivity index (χ1) is 11.6. The van der Waals surface area contributed by atoms with Crippen LogP contribution >= 0.6 is 11.3 Å². The van der Waals surface area contributed by atoms with Gasteiger partial charge >= 0.3 is 0 Å². The zero-order valence-electron chi connectivity index (χ0n) is 14.0. The molecule has 1 saturated heterocycles. The molecule has 3 heterocycles. The molecular formula is C19H23FN2OS. The summed E-state index contributed by atoms with van der Waals surface area (Å²) >= 11 is 1.66. The van der Waals surface area contributed by atoms with Gasteiger partial charge in [0, 0.05) is 25.0 Å². The largest absolute Gasteiger partial charge is 0.365 e. The number of halogens is 1. The van der Waals surface area contributed by atoms with Gasteiger partial charge in [0.2, 0.25) is 0 Å². The fourth-order valence-electron chi connectivity index (χ4n) is 4.10. The second-order valence-electron chi connectivity index (χ2n) is 7.17. The topological polar surface area (TPSA) is 25.4 Å². The molecule has 1 aromatic heterocycles. The fourth-order valence-corrected chi connectivity index (χ4v) is 4.67. The van der Waals surface area contributed by atoms with Gasteiger partial charge < -0.3 is 9.64 Å². The molecule has 2 aliphatic heterocycles. The van der Waals surface area contributed by atoms with Gasteiger partial charge in [-0.15, -0.1) is 11.3 Å². The third-order valence-corrected chi connectivity index (χ3v) is 5.98. The van der Waals surface area contributed by atoms with Gasteiger partial charge in [-0.2, -0.15) is 0 Å². The van der Waals surface area contributed by atoms with Crippen LogP contribution in [-0.4, -0.2) is 29.5 Å². The van der Waals surface area contributed by atoms with E-state index in [0.717, 1.165) is 50.0 Å². The first-order valence-electron chi connectivity index (χ1n) is 8.67. The third-order valence-electron chi connectivity index (χ3n) is 5.34. The van der Waals surface area contributed by atoms with E-state index in [2.05, 4.69) is 22.2 Å². The number of fused-ring (bicyclic) bond motifs is 2. The molecule has 24 heavy (non-hydrogen) atoms. The zero-order valence-corrected chi connectivity index (χ0v) is 14.8. The van der Waals surface area contributed by atoms with Crippen LogP contribution in [0.3, 0.4) is 0 Å². The molecule has 1 spiro atoms. The van der Waals surface area contributed by atoms with E-state index in [0.29, 0.717) is 12.5 Å². The van der Waals surface area contributed by atoms with Crippen molar-refractivity contribution in [3.8, 4) is 0 Å². The molecule has 0 bridgehead atoms. The highest BCUT2D eigenvalue weighted by Gasteiger charge is 2.42. The number of aromatic nitrogens is 1. The lowest BCUT2D eigenvalue weighted by Crippen LogP contribution is -2.44. The van der Waals surface area contributed by atoms with E-state index < -0.39 is 0 Å². The second kappa shape index (κ2) is 6.54. The maximum absolute atomic E-state index is 13.7. The lowest BCUT2D eigenvalue weighted by atomic mass is 9.83. The Labute approximate surface area is 146 Å².